The molecule has 0 aliphatic rings. The summed E-state index contributed by atoms with van der Waals surface area (Å²) in [6.07, 6.45) is 0. The summed E-state index contributed by atoms with van der Waals surface area (Å²) >= 11 is 6.59. The van der Waals surface area contributed by atoms with Crippen LogP contribution in [0.25, 0.3) is 0 Å². The molecule has 26 heavy (non-hydrogen) atoms. The highest BCUT2D eigenvalue weighted by Gasteiger charge is 1.99. The number of aryl methyl sites for hydroxylation is 2. The van der Waals surface area contributed by atoms with E-state index in [0.29, 0.717) is 12.5 Å². The minimum atomic E-state index is 0.279. The van der Waals surface area contributed by atoms with Gasteiger partial charge in [-0.2, -0.15) is 0 Å². The molecular weight excluding hydrogens is 468 g/mol. The second kappa shape index (κ2) is 15.0. The highest BCUT2D eigenvalue weighted by atomic mass is 79.9. The van der Waals surface area contributed by atoms with E-state index in [1.807, 2.05) is 44.2 Å². The summed E-state index contributed by atoms with van der Waals surface area (Å²) in [5, 5.41) is 9.00. The average molecular weight is 494 g/mol. The third kappa shape index (κ3) is 11.5. The zero-order valence-electron chi connectivity index (χ0n) is 15.7. The first-order valence-corrected chi connectivity index (χ1v) is 9.25. The summed E-state index contributed by atoms with van der Waals surface area (Å²) in [4.78, 5) is 0. The standard InChI is InChI=1S/C9H11BrO2.C7H7BrO.C3H8O2/c1-7-3-4-9(8(10)5-7)12-6-11-2;1-5-2-3-7(9)6(8)4-5;1-4-3-5-2/h3-5H,6H2,1-2H3;2-4,9H,1H3;3H2,1-2H3. The lowest BCUT2D eigenvalue weighted by atomic mass is 10.2. The number of hydrogen-bond acceptors (Lipinski definition) is 5. The molecule has 2 rings (SSSR count). The fourth-order valence-corrected chi connectivity index (χ4v) is 2.68. The number of ether oxygens (including phenoxy) is 4. The van der Waals surface area contributed by atoms with Gasteiger partial charge in [-0.3, -0.25) is 0 Å². The van der Waals surface area contributed by atoms with Crippen LogP contribution in [0.4, 0.5) is 0 Å². The highest BCUT2D eigenvalue weighted by molar-refractivity contribution is 9.10. The van der Waals surface area contributed by atoms with Crippen molar-refractivity contribution in [1.82, 2.24) is 0 Å². The minimum Gasteiger partial charge on any atom is -0.507 e. The lowest BCUT2D eigenvalue weighted by Crippen LogP contribution is -1.99. The molecule has 0 atom stereocenters. The van der Waals surface area contributed by atoms with Gasteiger partial charge in [-0.05, 0) is 81.1 Å². The number of rotatable bonds is 5. The second-order valence-corrected chi connectivity index (χ2v) is 6.84. The Hall–Kier alpha value is -1.12. The SMILES string of the molecule is COCOC.COCOc1ccc(C)cc1Br.Cc1ccc(O)c(Br)c1. The molecule has 2 aromatic carbocycles. The number of phenols is 1. The van der Waals surface area contributed by atoms with Gasteiger partial charge >= 0.3 is 0 Å². The number of phenolic OH excluding ortho intramolecular Hbond substituents is 1. The third-order valence-corrected chi connectivity index (χ3v) is 4.01. The van der Waals surface area contributed by atoms with Crippen molar-refractivity contribution in [3.63, 3.8) is 0 Å². The van der Waals surface area contributed by atoms with E-state index in [-0.39, 0.29) is 6.79 Å². The summed E-state index contributed by atoms with van der Waals surface area (Å²) in [7, 11) is 4.77. The van der Waals surface area contributed by atoms with E-state index in [4.69, 9.17) is 14.6 Å². The predicted molar refractivity (Wildman–Crippen MR) is 111 cm³/mol. The van der Waals surface area contributed by atoms with Gasteiger partial charge in [0.25, 0.3) is 0 Å². The van der Waals surface area contributed by atoms with E-state index < -0.39 is 0 Å². The number of benzene rings is 2. The number of aromatic hydroxyl groups is 1. The van der Waals surface area contributed by atoms with Crippen molar-refractivity contribution in [3.8, 4) is 11.5 Å². The first-order chi connectivity index (χ1) is 12.3. The van der Waals surface area contributed by atoms with Crippen molar-refractivity contribution < 1.29 is 24.1 Å². The van der Waals surface area contributed by atoms with Crippen LogP contribution in [-0.2, 0) is 14.2 Å². The molecule has 0 saturated heterocycles. The van der Waals surface area contributed by atoms with Crippen molar-refractivity contribution in [1.29, 1.82) is 0 Å². The van der Waals surface area contributed by atoms with Crippen LogP contribution < -0.4 is 4.74 Å². The Kier molecular flexibility index (Phi) is 14.3. The van der Waals surface area contributed by atoms with Crippen LogP contribution in [0.1, 0.15) is 11.1 Å². The number of hydrogen-bond donors (Lipinski definition) is 1. The first kappa shape index (κ1) is 24.9. The second-order valence-electron chi connectivity index (χ2n) is 5.13. The maximum atomic E-state index is 9.00. The van der Waals surface area contributed by atoms with E-state index in [0.717, 1.165) is 20.3 Å². The third-order valence-electron chi connectivity index (χ3n) is 2.76. The molecule has 0 unspecified atom stereocenters. The molecule has 0 radical (unpaired) electrons. The van der Waals surface area contributed by atoms with Crippen LogP contribution in [0.5, 0.6) is 11.5 Å². The summed E-state index contributed by atoms with van der Waals surface area (Å²) in [5.74, 6) is 1.10. The first-order valence-electron chi connectivity index (χ1n) is 7.66. The molecule has 0 fully saturated rings. The molecule has 146 valence electrons. The molecular formula is C19H26Br2O5. The van der Waals surface area contributed by atoms with E-state index in [1.54, 1.807) is 27.4 Å². The van der Waals surface area contributed by atoms with Crippen molar-refractivity contribution in [3.05, 3.63) is 56.5 Å². The van der Waals surface area contributed by atoms with Crippen LogP contribution in [-0.4, -0.2) is 40.0 Å². The molecule has 7 heteroatoms. The molecule has 0 aliphatic carbocycles. The van der Waals surface area contributed by atoms with Gasteiger partial charge in [-0.15, -0.1) is 0 Å². The van der Waals surface area contributed by atoms with Gasteiger partial charge in [-0.25, -0.2) is 0 Å². The Labute approximate surface area is 172 Å². The van der Waals surface area contributed by atoms with Crippen LogP contribution in [0.3, 0.4) is 0 Å². The molecule has 0 spiro atoms. The van der Waals surface area contributed by atoms with Gasteiger partial charge in [0.05, 0.1) is 8.95 Å². The van der Waals surface area contributed by atoms with Crippen molar-refractivity contribution in [2.45, 2.75) is 13.8 Å². The maximum absolute atomic E-state index is 9.00. The largest absolute Gasteiger partial charge is 0.507 e. The zero-order valence-corrected chi connectivity index (χ0v) is 18.9. The molecule has 0 aliphatic heterocycles. The van der Waals surface area contributed by atoms with Gasteiger partial charge in [-0.1, -0.05) is 12.1 Å². The van der Waals surface area contributed by atoms with Gasteiger partial charge in [0, 0.05) is 21.3 Å². The monoisotopic (exact) mass is 492 g/mol. The van der Waals surface area contributed by atoms with Crippen LogP contribution >= 0.6 is 31.9 Å². The van der Waals surface area contributed by atoms with Crippen LogP contribution in [0.2, 0.25) is 0 Å². The van der Waals surface area contributed by atoms with Gasteiger partial charge < -0.3 is 24.1 Å². The summed E-state index contributed by atoms with van der Waals surface area (Å²) < 4.78 is 20.7. The Morgan fingerprint density at radius 1 is 0.769 bits per heavy atom. The van der Waals surface area contributed by atoms with Crippen molar-refractivity contribution in [2.75, 3.05) is 34.9 Å². The minimum absolute atomic E-state index is 0.279. The molecule has 1 N–H and O–H groups in total. The molecule has 0 aromatic heterocycles. The molecule has 0 bridgehead atoms. The molecule has 2 aromatic rings. The van der Waals surface area contributed by atoms with Crippen molar-refractivity contribution >= 4 is 31.9 Å². The predicted octanol–water partition coefficient (Wildman–Crippen LogP) is 5.44. The quantitative estimate of drug-likeness (QED) is 0.562. The molecule has 0 saturated carbocycles. The summed E-state index contributed by atoms with van der Waals surface area (Å²) in [6.45, 7) is 4.68. The molecule has 5 nitrogen and oxygen atoms in total. The summed E-state index contributed by atoms with van der Waals surface area (Å²) in [6, 6.07) is 11.3. The topological polar surface area (TPSA) is 57.2 Å². The van der Waals surface area contributed by atoms with Crippen LogP contribution in [0.15, 0.2) is 45.3 Å². The van der Waals surface area contributed by atoms with Gasteiger partial charge in [0.1, 0.15) is 18.3 Å². The van der Waals surface area contributed by atoms with Crippen molar-refractivity contribution in [2.24, 2.45) is 0 Å². The molecule has 0 heterocycles. The maximum Gasteiger partial charge on any atom is 0.188 e. The lowest BCUT2D eigenvalue weighted by Gasteiger charge is -2.06. The summed E-state index contributed by atoms with van der Waals surface area (Å²) in [5.41, 5.74) is 2.34. The number of halogens is 2. The van der Waals surface area contributed by atoms with E-state index in [9.17, 15) is 0 Å². The van der Waals surface area contributed by atoms with Gasteiger partial charge in [0.15, 0.2) is 6.79 Å². The number of methoxy groups -OCH3 is 3. The molecule has 0 amide bonds. The Morgan fingerprint density at radius 3 is 1.65 bits per heavy atom. The lowest BCUT2D eigenvalue weighted by molar-refractivity contribution is -0.00272. The Balaban J connectivity index is 0.000000394. The fraction of sp³-hybridized carbons (Fsp3) is 0.368. The zero-order chi connectivity index (χ0) is 19.9. The van der Waals surface area contributed by atoms with Gasteiger partial charge in [0.2, 0.25) is 0 Å². The Morgan fingerprint density at radius 2 is 1.27 bits per heavy atom. The Bertz CT molecular complexity index is 633. The average Bonchev–Trinajstić information content (AvgIpc) is 2.60. The highest BCUT2D eigenvalue weighted by Crippen LogP contribution is 2.25. The van der Waals surface area contributed by atoms with E-state index in [1.165, 1.54) is 5.56 Å². The normalized spacial score (nSPS) is 9.50. The van der Waals surface area contributed by atoms with Crippen LogP contribution in [0, 0.1) is 13.8 Å². The smallest absolute Gasteiger partial charge is 0.188 e. The fourth-order valence-electron chi connectivity index (χ4n) is 1.58. The van der Waals surface area contributed by atoms with E-state index >= 15 is 0 Å². The van der Waals surface area contributed by atoms with E-state index in [2.05, 4.69) is 41.3 Å².